The molecule has 6 N–H and O–H groups in total. The zero-order chi connectivity index (χ0) is 30.8. The third-order valence-electron chi connectivity index (χ3n) is 4.94. The summed E-state index contributed by atoms with van der Waals surface area (Å²) in [6.07, 6.45) is 2.23. The van der Waals surface area contributed by atoms with E-state index in [1.807, 2.05) is 0 Å². The Kier molecular flexibility index (Phi) is 17.2. The molecular weight excluding hydrogens is 598 g/mol. The number of carbonyl (C=O) groups is 5. The van der Waals surface area contributed by atoms with Crippen LogP contribution in [0.4, 0.5) is 5.82 Å². The molecule has 2 heterocycles. The van der Waals surface area contributed by atoms with Gasteiger partial charge >= 0.3 is 23.9 Å². The molecule has 1 fully saturated rings. The van der Waals surface area contributed by atoms with Crippen molar-refractivity contribution in [2.24, 2.45) is 0 Å². The zero-order valence-corrected chi connectivity index (χ0v) is 24.0. The molecule has 1 atom stereocenters. The monoisotopic (exact) mass is 631 g/mol. The van der Waals surface area contributed by atoms with Gasteiger partial charge in [-0.15, -0.1) is 0 Å². The summed E-state index contributed by atoms with van der Waals surface area (Å²) in [6, 6.07) is 1.81. The van der Waals surface area contributed by atoms with Crippen LogP contribution in [0.25, 0.3) is 0 Å². The number of likely N-dealkylation sites (N-methyl/N-ethyl adjacent to an activating group) is 2. The topological polar surface area (TPSA) is 219 Å². The van der Waals surface area contributed by atoms with Crippen LogP contribution >= 0.6 is 15.9 Å². The van der Waals surface area contributed by atoms with E-state index in [4.69, 9.17) is 25.2 Å². The van der Waals surface area contributed by atoms with Gasteiger partial charge in [-0.3, -0.25) is 4.79 Å². The molecule has 1 aromatic rings. The molecule has 0 spiro atoms. The van der Waals surface area contributed by atoms with Crippen molar-refractivity contribution in [2.75, 3.05) is 59.2 Å². The van der Waals surface area contributed by atoms with Gasteiger partial charge in [-0.05, 0) is 35.6 Å². The van der Waals surface area contributed by atoms with Crippen molar-refractivity contribution in [3.8, 4) is 5.88 Å². The fraction of sp³-hybridized carbons (Fsp3) is 0.417. The average Bonchev–Trinajstić information content (AvgIpc) is 3.07. The molecule has 2 rings (SSSR count). The second-order valence-corrected chi connectivity index (χ2v) is 8.83. The van der Waals surface area contributed by atoms with Crippen LogP contribution in [0.2, 0.25) is 0 Å². The number of nitrogens with one attached hydrogen (secondary N) is 2. The Morgan fingerprint density at radius 1 is 1.00 bits per heavy atom. The van der Waals surface area contributed by atoms with E-state index in [0.29, 0.717) is 41.6 Å². The highest BCUT2D eigenvalue weighted by molar-refractivity contribution is 9.10. The largest absolute Gasteiger partial charge is 0.480 e. The number of methoxy groups -OCH3 is 1. The smallest absolute Gasteiger partial charge is 0.328 e. The number of rotatable bonds is 9. The minimum atomic E-state index is -1.26. The summed E-state index contributed by atoms with van der Waals surface area (Å²) in [5.74, 6) is -4.25. The third-order valence-corrected chi connectivity index (χ3v) is 5.55. The number of anilines is 1. The third kappa shape index (κ3) is 15.4. The number of carbonyl (C=O) groups excluding carboxylic acids is 1. The van der Waals surface area contributed by atoms with Crippen molar-refractivity contribution < 1.29 is 49.1 Å². The van der Waals surface area contributed by atoms with Crippen LogP contribution < -0.4 is 15.4 Å². The Labute approximate surface area is 239 Å². The van der Waals surface area contributed by atoms with Crippen molar-refractivity contribution in [3.05, 3.63) is 40.4 Å². The maximum Gasteiger partial charge on any atom is 0.328 e. The quantitative estimate of drug-likeness (QED) is 0.206. The van der Waals surface area contributed by atoms with Crippen LogP contribution in [-0.2, 0) is 19.2 Å². The van der Waals surface area contributed by atoms with Crippen LogP contribution in [0.5, 0.6) is 5.88 Å². The minimum absolute atomic E-state index is 0.0670. The predicted molar refractivity (Wildman–Crippen MR) is 148 cm³/mol. The van der Waals surface area contributed by atoms with Crippen LogP contribution in [0.3, 0.4) is 0 Å². The molecule has 0 unspecified atom stereocenters. The molecule has 40 heavy (non-hydrogen) atoms. The van der Waals surface area contributed by atoms with Crippen molar-refractivity contribution in [2.45, 2.75) is 13.0 Å². The van der Waals surface area contributed by atoms with E-state index < -0.39 is 23.9 Å². The number of carboxylic acids is 4. The van der Waals surface area contributed by atoms with Crippen molar-refractivity contribution >= 4 is 51.5 Å². The normalized spacial score (nSPS) is 15.6. The minimum Gasteiger partial charge on any atom is -0.480 e. The molecule has 16 heteroatoms. The number of amides is 1. The number of hydrogen-bond acceptors (Lipinski definition) is 10. The number of aliphatic carboxylic acids is 4. The molecule has 1 saturated heterocycles. The van der Waals surface area contributed by atoms with Crippen LogP contribution in [0.1, 0.15) is 17.3 Å². The second-order valence-electron chi connectivity index (χ2n) is 7.97. The highest BCUT2D eigenvalue weighted by Gasteiger charge is 2.24. The van der Waals surface area contributed by atoms with Gasteiger partial charge in [0.15, 0.2) is 0 Å². The Morgan fingerprint density at radius 3 is 1.90 bits per heavy atom. The van der Waals surface area contributed by atoms with E-state index >= 15 is 0 Å². The van der Waals surface area contributed by atoms with Gasteiger partial charge in [0.1, 0.15) is 11.4 Å². The summed E-state index contributed by atoms with van der Waals surface area (Å²) in [7, 11) is 5.37. The summed E-state index contributed by atoms with van der Waals surface area (Å²) in [5.41, 5.74) is 0.429. The van der Waals surface area contributed by atoms with Gasteiger partial charge in [-0.1, -0.05) is 6.92 Å². The first-order chi connectivity index (χ1) is 18.7. The first-order valence-corrected chi connectivity index (χ1v) is 12.4. The summed E-state index contributed by atoms with van der Waals surface area (Å²) >= 11 is 3.43. The van der Waals surface area contributed by atoms with Gasteiger partial charge in [0.05, 0.1) is 17.6 Å². The van der Waals surface area contributed by atoms with Gasteiger partial charge in [0, 0.05) is 57.5 Å². The van der Waals surface area contributed by atoms with E-state index in [9.17, 15) is 24.0 Å². The molecule has 0 saturated carbocycles. The van der Waals surface area contributed by atoms with Gasteiger partial charge in [0.2, 0.25) is 5.88 Å². The van der Waals surface area contributed by atoms with Crippen molar-refractivity contribution in [1.29, 1.82) is 0 Å². The number of carboxylic acid groups (broad SMARTS) is 4. The van der Waals surface area contributed by atoms with Crippen molar-refractivity contribution in [1.82, 2.24) is 20.1 Å². The number of aromatic nitrogens is 1. The van der Waals surface area contributed by atoms with Crippen LogP contribution in [0.15, 0.2) is 34.8 Å². The van der Waals surface area contributed by atoms with Crippen LogP contribution in [-0.4, -0.2) is 125 Å². The second kappa shape index (κ2) is 19.1. The van der Waals surface area contributed by atoms with E-state index in [1.165, 1.54) is 7.11 Å². The molecule has 1 aliphatic heterocycles. The molecule has 1 aliphatic rings. The lowest BCUT2D eigenvalue weighted by atomic mass is 10.2. The first-order valence-electron chi connectivity index (χ1n) is 11.7. The Bertz CT molecular complexity index is 1030. The molecule has 222 valence electrons. The molecule has 0 bridgehead atoms. The Morgan fingerprint density at radius 2 is 1.50 bits per heavy atom. The van der Waals surface area contributed by atoms with E-state index in [2.05, 4.69) is 55.3 Å². The van der Waals surface area contributed by atoms with Crippen LogP contribution in [0, 0.1) is 0 Å². The number of pyridine rings is 1. The van der Waals surface area contributed by atoms with Gasteiger partial charge in [0.25, 0.3) is 5.91 Å². The molecule has 1 aromatic heterocycles. The Hall–Kier alpha value is -4.02. The lowest BCUT2D eigenvalue weighted by molar-refractivity contribution is -0.134. The number of ether oxygens (including phenoxy) is 1. The lowest BCUT2D eigenvalue weighted by Gasteiger charge is -2.24. The summed E-state index contributed by atoms with van der Waals surface area (Å²) in [5, 5.41) is 37.3. The van der Waals surface area contributed by atoms with Gasteiger partial charge < -0.3 is 45.6 Å². The molecule has 1 amide bonds. The maximum atomic E-state index is 12.7. The molecule has 15 nitrogen and oxygen atoms in total. The number of nitrogens with zero attached hydrogens (tertiary/aromatic N) is 3. The summed E-state index contributed by atoms with van der Waals surface area (Å²) < 4.78 is 6.01. The number of halogens is 1. The molecule has 0 aliphatic carbocycles. The van der Waals surface area contributed by atoms with Gasteiger partial charge in [-0.25, -0.2) is 19.2 Å². The summed E-state index contributed by atoms with van der Waals surface area (Å²) in [4.78, 5) is 59.9. The first kappa shape index (κ1) is 36.0. The Balaban J connectivity index is 0.000000780. The maximum absolute atomic E-state index is 12.7. The van der Waals surface area contributed by atoms with Gasteiger partial charge in [-0.2, -0.15) is 4.98 Å². The fourth-order valence-corrected chi connectivity index (χ4v) is 3.65. The average molecular weight is 632 g/mol. The summed E-state index contributed by atoms with van der Waals surface area (Å²) in [6.45, 7) is 6.82. The fourth-order valence-electron chi connectivity index (χ4n) is 3.13. The molecule has 0 aromatic carbocycles. The zero-order valence-electron chi connectivity index (χ0n) is 22.5. The van der Waals surface area contributed by atoms with E-state index in [-0.39, 0.29) is 11.9 Å². The number of hydrogen-bond donors (Lipinski definition) is 6. The highest BCUT2D eigenvalue weighted by Crippen LogP contribution is 2.27. The standard InChI is InChI=1S/C16H26BrN5O2.2C4H4O4/c1-5-22-7-6-21(3)9-11(10-22)19-15(23)12-8-13(17)14(18-2)20-16(12)24-4;2*5-3(6)1-2-4(7)8/h8,11H,5-7,9-10H2,1-4H3,(H,18,20)(H,19,23);2*1-2H,(H,5,6)(H,7,8)/t11-;;/m1../s1. The van der Waals surface area contributed by atoms with E-state index in [1.54, 1.807) is 13.1 Å². The predicted octanol–water partition coefficient (Wildman–Crippen LogP) is 0.684. The molecular formula is C24H34BrN5O10. The highest BCUT2D eigenvalue weighted by atomic mass is 79.9. The molecule has 0 radical (unpaired) electrons. The van der Waals surface area contributed by atoms with E-state index in [0.717, 1.165) is 37.2 Å². The van der Waals surface area contributed by atoms with Crippen molar-refractivity contribution in [3.63, 3.8) is 0 Å². The lowest BCUT2D eigenvalue weighted by Crippen LogP contribution is -2.46. The SMILES string of the molecule is CCN1CCN(C)C[C@@H](NC(=O)c2cc(Br)c(NC)nc2OC)C1.O=C(O)C=CC(=O)O.O=C(O)C=CC(=O)O.